The van der Waals surface area contributed by atoms with Crippen LogP contribution < -0.4 is 10.2 Å². The number of nitrogens with zero attached hydrogens (tertiary/aromatic N) is 4. The number of rotatable bonds is 7. The highest BCUT2D eigenvalue weighted by molar-refractivity contribution is 8.00. The average molecular weight is 516 g/mol. The van der Waals surface area contributed by atoms with Crippen molar-refractivity contribution in [1.82, 2.24) is 20.1 Å². The van der Waals surface area contributed by atoms with Crippen molar-refractivity contribution in [3.8, 4) is 0 Å². The summed E-state index contributed by atoms with van der Waals surface area (Å²) >= 11 is 3.03. The summed E-state index contributed by atoms with van der Waals surface area (Å²) in [6.07, 6.45) is 0. The fourth-order valence-corrected chi connectivity index (χ4v) is 6.04. The molecule has 4 aromatic rings. The largest absolute Gasteiger partial charge is 0.342 e. The van der Waals surface area contributed by atoms with Crippen LogP contribution in [0.2, 0.25) is 0 Å². The zero-order chi connectivity index (χ0) is 25.1. The molecule has 1 aromatic heterocycles. The van der Waals surface area contributed by atoms with Crippen molar-refractivity contribution < 1.29 is 9.59 Å². The van der Waals surface area contributed by atoms with Gasteiger partial charge in [-0.2, -0.15) is 0 Å². The summed E-state index contributed by atoms with van der Waals surface area (Å²) in [7, 11) is 0. The van der Waals surface area contributed by atoms with E-state index in [1.165, 1.54) is 11.8 Å². The Balaban J connectivity index is 1.32. The predicted octanol–water partition coefficient (Wildman–Crippen LogP) is 5.71. The van der Waals surface area contributed by atoms with Gasteiger partial charge in [0, 0.05) is 21.9 Å². The second kappa shape index (κ2) is 10.6. The van der Waals surface area contributed by atoms with Crippen LogP contribution in [-0.4, -0.2) is 32.3 Å². The number of thioether (sulfide) groups is 1. The molecule has 0 spiro atoms. The number of hydrogen-bond acceptors (Lipinski definition) is 6. The summed E-state index contributed by atoms with van der Waals surface area (Å²) in [6.45, 7) is 4.51. The molecule has 2 amide bonds. The number of benzene rings is 3. The van der Waals surface area contributed by atoms with Crippen molar-refractivity contribution in [3.63, 3.8) is 0 Å². The van der Waals surface area contributed by atoms with Crippen LogP contribution in [-0.2, 0) is 11.3 Å². The molecule has 0 radical (unpaired) electrons. The minimum Gasteiger partial charge on any atom is -0.342 e. The number of anilines is 2. The average Bonchev–Trinajstić information content (AvgIpc) is 3.34. The number of para-hydroxylation sites is 2. The molecule has 7 nitrogen and oxygen atoms in total. The SMILES string of the molecule is CCn1c(SCC(=O)N2c3ccccc3Sc3ccccc32)nnc1C(C)NC(=O)c1ccccc1. The first kappa shape index (κ1) is 24.1. The lowest BCUT2D eigenvalue weighted by atomic mass is 10.2. The normalized spacial score (nSPS) is 13.0. The van der Waals surface area contributed by atoms with Crippen LogP contribution in [0.1, 0.15) is 36.1 Å². The molecule has 1 N–H and O–H groups in total. The molecule has 182 valence electrons. The molecule has 1 aliphatic heterocycles. The maximum Gasteiger partial charge on any atom is 0.251 e. The summed E-state index contributed by atoms with van der Waals surface area (Å²) in [5.41, 5.74) is 2.37. The number of nitrogens with one attached hydrogen (secondary N) is 1. The van der Waals surface area contributed by atoms with E-state index in [2.05, 4.69) is 15.5 Å². The Hall–Kier alpha value is -3.56. The molecule has 0 fully saturated rings. The minimum absolute atomic E-state index is 0.0298. The van der Waals surface area contributed by atoms with E-state index in [9.17, 15) is 9.59 Å². The summed E-state index contributed by atoms with van der Waals surface area (Å²) < 4.78 is 1.95. The number of amides is 2. The van der Waals surface area contributed by atoms with Crippen LogP contribution in [0.4, 0.5) is 11.4 Å². The third-order valence-electron chi connectivity index (χ3n) is 5.84. The van der Waals surface area contributed by atoms with Crippen molar-refractivity contribution in [2.75, 3.05) is 10.7 Å². The Kier molecular flexibility index (Phi) is 7.11. The first-order chi connectivity index (χ1) is 17.6. The van der Waals surface area contributed by atoms with Gasteiger partial charge in [-0.1, -0.05) is 66.0 Å². The van der Waals surface area contributed by atoms with Gasteiger partial charge in [0.1, 0.15) is 0 Å². The highest BCUT2D eigenvalue weighted by Gasteiger charge is 2.28. The number of hydrogen-bond donors (Lipinski definition) is 1. The second-order valence-corrected chi connectivity index (χ2v) is 10.2. The molecule has 1 atom stereocenters. The molecule has 0 bridgehead atoms. The summed E-state index contributed by atoms with van der Waals surface area (Å²) in [4.78, 5) is 30.0. The van der Waals surface area contributed by atoms with E-state index in [0.717, 1.165) is 21.2 Å². The third kappa shape index (κ3) is 4.76. The highest BCUT2D eigenvalue weighted by Crippen LogP contribution is 2.48. The Bertz CT molecular complexity index is 1360. The number of aromatic nitrogens is 3. The number of carbonyl (C=O) groups is 2. The van der Waals surface area contributed by atoms with E-state index in [0.29, 0.717) is 23.1 Å². The van der Waals surface area contributed by atoms with Crippen molar-refractivity contribution in [3.05, 3.63) is 90.3 Å². The van der Waals surface area contributed by atoms with Crippen molar-refractivity contribution in [2.45, 2.75) is 41.4 Å². The maximum atomic E-state index is 13.5. The monoisotopic (exact) mass is 515 g/mol. The lowest BCUT2D eigenvalue weighted by Gasteiger charge is -2.30. The number of fused-ring (bicyclic) bond motifs is 2. The first-order valence-corrected chi connectivity index (χ1v) is 13.5. The Morgan fingerprint density at radius 1 is 0.917 bits per heavy atom. The van der Waals surface area contributed by atoms with E-state index >= 15 is 0 Å². The standard InChI is InChI=1S/C27H25N5O2S2/c1-3-31-25(18(2)28-26(34)19-11-5-4-6-12-19)29-30-27(31)35-17-24(33)32-20-13-7-9-15-22(20)36-23-16-10-8-14-21(23)32/h4-16,18H,3,17H2,1-2H3,(H,28,34). The van der Waals surface area contributed by atoms with Gasteiger partial charge in [0.25, 0.3) is 5.91 Å². The van der Waals surface area contributed by atoms with Crippen LogP contribution >= 0.6 is 23.5 Å². The fourth-order valence-electron chi connectivity index (χ4n) is 4.12. The van der Waals surface area contributed by atoms with E-state index in [4.69, 9.17) is 0 Å². The topological polar surface area (TPSA) is 80.1 Å². The molecule has 0 saturated carbocycles. The zero-order valence-corrected chi connectivity index (χ0v) is 21.6. The van der Waals surface area contributed by atoms with Gasteiger partial charge in [0.2, 0.25) is 5.91 Å². The summed E-state index contributed by atoms with van der Waals surface area (Å²) in [5.74, 6) is 0.661. The van der Waals surface area contributed by atoms with Gasteiger partial charge >= 0.3 is 0 Å². The molecule has 2 heterocycles. The smallest absolute Gasteiger partial charge is 0.251 e. The molecule has 0 saturated heterocycles. The van der Waals surface area contributed by atoms with Gasteiger partial charge in [0.05, 0.1) is 23.2 Å². The Morgan fingerprint density at radius 3 is 2.17 bits per heavy atom. The van der Waals surface area contributed by atoms with E-state index in [1.54, 1.807) is 28.8 Å². The fraction of sp³-hybridized carbons (Fsp3) is 0.185. The summed E-state index contributed by atoms with van der Waals surface area (Å²) in [6, 6.07) is 24.6. The van der Waals surface area contributed by atoms with Crippen molar-refractivity contribution >= 4 is 46.7 Å². The van der Waals surface area contributed by atoms with Gasteiger partial charge in [-0.25, -0.2) is 0 Å². The van der Waals surface area contributed by atoms with Crippen LogP contribution in [0.3, 0.4) is 0 Å². The molecule has 36 heavy (non-hydrogen) atoms. The minimum atomic E-state index is -0.340. The van der Waals surface area contributed by atoms with Gasteiger partial charge in [0.15, 0.2) is 11.0 Å². The first-order valence-electron chi connectivity index (χ1n) is 11.7. The molecule has 5 rings (SSSR count). The molecule has 1 aliphatic rings. The van der Waals surface area contributed by atoms with Gasteiger partial charge in [-0.15, -0.1) is 10.2 Å². The quantitative estimate of drug-likeness (QED) is 0.318. The highest BCUT2D eigenvalue weighted by atomic mass is 32.2. The summed E-state index contributed by atoms with van der Waals surface area (Å²) in [5, 5.41) is 12.3. The molecule has 1 unspecified atom stereocenters. The third-order valence-corrected chi connectivity index (χ3v) is 7.92. The number of carbonyl (C=O) groups excluding carboxylic acids is 2. The Morgan fingerprint density at radius 2 is 1.53 bits per heavy atom. The van der Waals surface area contributed by atoms with E-state index in [1.807, 2.05) is 85.1 Å². The molecular weight excluding hydrogens is 490 g/mol. The van der Waals surface area contributed by atoms with Gasteiger partial charge < -0.3 is 9.88 Å². The van der Waals surface area contributed by atoms with Crippen LogP contribution in [0, 0.1) is 0 Å². The van der Waals surface area contributed by atoms with Crippen molar-refractivity contribution in [1.29, 1.82) is 0 Å². The van der Waals surface area contributed by atoms with E-state index in [-0.39, 0.29) is 23.6 Å². The molecular formula is C27H25N5O2S2. The molecule has 3 aromatic carbocycles. The Labute approximate surface area is 218 Å². The zero-order valence-electron chi connectivity index (χ0n) is 19.9. The van der Waals surface area contributed by atoms with Crippen LogP contribution in [0.5, 0.6) is 0 Å². The predicted molar refractivity (Wildman–Crippen MR) is 143 cm³/mol. The van der Waals surface area contributed by atoms with Crippen LogP contribution in [0.25, 0.3) is 0 Å². The van der Waals surface area contributed by atoms with Crippen LogP contribution in [0.15, 0.2) is 93.8 Å². The molecule has 0 aliphatic carbocycles. The van der Waals surface area contributed by atoms with E-state index < -0.39 is 0 Å². The van der Waals surface area contributed by atoms with Gasteiger partial charge in [-0.05, 0) is 50.2 Å². The maximum absolute atomic E-state index is 13.5. The lowest BCUT2D eigenvalue weighted by Crippen LogP contribution is -2.30. The lowest BCUT2D eigenvalue weighted by molar-refractivity contribution is -0.115. The van der Waals surface area contributed by atoms with Gasteiger partial charge in [-0.3, -0.25) is 14.5 Å². The van der Waals surface area contributed by atoms with Crippen molar-refractivity contribution in [2.24, 2.45) is 0 Å². The molecule has 9 heteroatoms. The second-order valence-electron chi connectivity index (χ2n) is 8.20.